The molecule has 0 N–H and O–H groups in total. The largest absolute Gasteiger partial charge is 0.744 e. The zero-order valence-corrected chi connectivity index (χ0v) is 21.1. The molecular formula is C29H30N2O4S. The maximum absolute atomic E-state index is 12.2. The van der Waals surface area contributed by atoms with Crippen molar-refractivity contribution in [3.05, 3.63) is 66.0 Å². The second-order valence-corrected chi connectivity index (χ2v) is 11.2. The molecule has 2 saturated heterocycles. The summed E-state index contributed by atoms with van der Waals surface area (Å²) >= 11 is 0. The van der Waals surface area contributed by atoms with E-state index in [0.29, 0.717) is 16.9 Å². The second-order valence-electron chi connectivity index (χ2n) is 9.88. The van der Waals surface area contributed by atoms with E-state index in [9.17, 15) is 13.0 Å². The Kier molecular flexibility index (Phi) is 6.05. The highest BCUT2D eigenvalue weighted by Gasteiger charge is 2.23. The molecule has 4 aliphatic rings. The van der Waals surface area contributed by atoms with Crippen molar-refractivity contribution in [3.63, 3.8) is 0 Å². The summed E-state index contributed by atoms with van der Waals surface area (Å²) in [5.74, 6) is 0.689. The van der Waals surface area contributed by atoms with Crippen molar-refractivity contribution in [1.82, 2.24) is 4.58 Å². The molecule has 0 amide bonds. The third kappa shape index (κ3) is 4.31. The Morgan fingerprint density at radius 3 is 2.33 bits per heavy atom. The molecule has 2 fully saturated rings. The predicted octanol–water partition coefficient (Wildman–Crippen LogP) is 5.06. The van der Waals surface area contributed by atoms with Gasteiger partial charge in [-0.05, 0) is 49.9 Å². The summed E-state index contributed by atoms with van der Waals surface area (Å²) in [6.45, 7) is 4.06. The number of hydrogen-bond acceptors (Lipinski definition) is 5. The fourth-order valence-corrected chi connectivity index (χ4v) is 6.43. The normalized spacial score (nSPS) is 17.1. The average molecular weight is 503 g/mol. The van der Waals surface area contributed by atoms with Crippen LogP contribution in [-0.2, 0) is 10.1 Å². The molecule has 2 aromatic carbocycles. The lowest BCUT2D eigenvalue weighted by molar-refractivity contribution is 0.451. The van der Waals surface area contributed by atoms with Gasteiger partial charge in [-0.15, -0.1) is 0 Å². The van der Waals surface area contributed by atoms with Crippen molar-refractivity contribution in [2.45, 2.75) is 43.4 Å². The van der Waals surface area contributed by atoms with Crippen LogP contribution in [-0.4, -0.2) is 39.1 Å². The molecule has 0 bridgehead atoms. The SMILES string of the molecule is O=S(=O)([O-])c1ccccc1-c1c2ccc(=[N+]3CCCCC3)cc-2oc2cc(N3CCCCC3)ccc12. The van der Waals surface area contributed by atoms with E-state index >= 15 is 0 Å². The Hall–Kier alpha value is -3.16. The molecule has 3 heterocycles. The van der Waals surface area contributed by atoms with Crippen molar-refractivity contribution in [1.29, 1.82) is 0 Å². The molecule has 1 aliphatic carbocycles. The van der Waals surface area contributed by atoms with Crippen LogP contribution in [0.25, 0.3) is 33.4 Å². The third-order valence-corrected chi connectivity index (χ3v) is 8.45. The van der Waals surface area contributed by atoms with Gasteiger partial charge in [-0.25, -0.2) is 13.0 Å². The Morgan fingerprint density at radius 2 is 1.56 bits per heavy atom. The van der Waals surface area contributed by atoms with Crippen LogP contribution in [0.15, 0.2) is 70.0 Å². The highest BCUT2D eigenvalue weighted by Crippen LogP contribution is 2.43. The first-order valence-corrected chi connectivity index (χ1v) is 14.3. The summed E-state index contributed by atoms with van der Waals surface area (Å²) in [4.78, 5) is 2.17. The molecule has 2 aromatic rings. The summed E-state index contributed by atoms with van der Waals surface area (Å²) in [6, 6.07) is 18.8. The number of rotatable bonds is 3. The number of fused-ring (bicyclic) bond motifs is 2. The zero-order valence-electron chi connectivity index (χ0n) is 20.3. The van der Waals surface area contributed by atoms with Crippen LogP contribution in [0.5, 0.6) is 0 Å². The predicted molar refractivity (Wildman–Crippen MR) is 141 cm³/mol. The van der Waals surface area contributed by atoms with Crippen LogP contribution in [0, 0.1) is 0 Å². The zero-order chi connectivity index (χ0) is 24.7. The van der Waals surface area contributed by atoms with Crippen LogP contribution < -0.4 is 14.8 Å². The average Bonchev–Trinajstić information content (AvgIpc) is 2.91. The van der Waals surface area contributed by atoms with Gasteiger partial charge in [0, 0.05) is 65.8 Å². The van der Waals surface area contributed by atoms with Crippen molar-refractivity contribution in [2.75, 3.05) is 31.1 Å². The molecule has 0 unspecified atom stereocenters. The van der Waals surface area contributed by atoms with E-state index in [1.165, 1.54) is 44.6 Å². The lowest BCUT2D eigenvalue weighted by Crippen LogP contribution is -2.34. The van der Waals surface area contributed by atoms with E-state index in [2.05, 4.69) is 33.7 Å². The quantitative estimate of drug-likeness (QED) is 0.222. The molecule has 6 rings (SSSR count). The van der Waals surface area contributed by atoms with Crippen LogP contribution >= 0.6 is 0 Å². The van der Waals surface area contributed by atoms with E-state index in [0.717, 1.165) is 53.7 Å². The minimum absolute atomic E-state index is 0.209. The smallest absolute Gasteiger partial charge is 0.203 e. The molecule has 0 aromatic heterocycles. The van der Waals surface area contributed by atoms with Gasteiger partial charge in [-0.3, -0.25) is 0 Å². The van der Waals surface area contributed by atoms with Crippen LogP contribution in [0.1, 0.15) is 38.5 Å². The first-order chi connectivity index (χ1) is 17.5. The Bertz CT molecular complexity index is 1570. The number of nitrogens with zero attached hydrogens (tertiary/aromatic N) is 2. The van der Waals surface area contributed by atoms with E-state index < -0.39 is 10.1 Å². The summed E-state index contributed by atoms with van der Waals surface area (Å²) in [7, 11) is -4.67. The van der Waals surface area contributed by atoms with Crippen LogP contribution in [0.2, 0.25) is 0 Å². The lowest BCUT2D eigenvalue weighted by Gasteiger charge is -2.29. The molecule has 7 heteroatoms. The lowest BCUT2D eigenvalue weighted by atomic mass is 9.93. The van der Waals surface area contributed by atoms with Gasteiger partial charge < -0.3 is 13.9 Å². The standard InChI is InChI=1S/C29H30N2O4S/c32-36(33,34)28-10-4-3-9-25(28)29-23-13-11-21(30-15-5-1-6-16-30)19-26(23)35-27-20-22(12-14-24(27)29)31-17-7-2-8-18-31/h3-4,9-14,19-20H,1-2,5-8,15-18H2. The molecule has 3 aliphatic heterocycles. The Balaban J connectivity index is 1.65. The van der Waals surface area contributed by atoms with Gasteiger partial charge in [-0.1, -0.05) is 18.2 Å². The molecule has 0 radical (unpaired) electrons. The first-order valence-electron chi connectivity index (χ1n) is 12.9. The number of piperidine rings is 2. The van der Waals surface area contributed by atoms with Crippen molar-refractivity contribution < 1.29 is 17.4 Å². The maximum atomic E-state index is 12.2. The fourth-order valence-electron chi connectivity index (χ4n) is 5.75. The molecule has 0 spiro atoms. The van der Waals surface area contributed by atoms with Gasteiger partial charge in [0.1, 0.15) is 34.6 Å². The van der Waals surface area contributed by atoms with Crippen molar-refractivity contribution in [2.24, 2.45) is 0 Å². The van der Waals surface area contributed by atoms with Gasteiger partial charge in [0.2, 0.25) is 5.36 Å². The minimum atomic E-state index is -4.67. The number of benzene rings is 3. The summed E-state index contributed by atoms with van der Waals surface area (Å²) in [6.07, 6.45) is 7.20. The Morgan fingerprint density at radius 1 is 0.806 bits per heavy atom. The van der Waals surface area contributed by atoms with E-state index in [1.54, 1.807) is 18.2 Å². The van der Waals surface area contributed by atoms with Crippen LogP contribution in [0.3, 0.4) is 0 Å². The monoisotopic (exact) mass is 502 g/mol. The molecule has 36 heavy (non-hydrogen) atoms. The topological polar surface area (TPSA) is 76.6 Å². The van der Waals surface area contributed by atoms with Gasteiger partial charge >= 0.3 is 0 Å². The molecule has 186 valence electrons. The van der Waals surface area contributed by atoms with E-state index in [1.807, 2.05) is 12.1 Å². The van der Waals surface area contributed by atoms with Gasteiger partial charge in [0.15, 0.2) is 0 Å². The summed E-state index contributed by atoms with van der Waals surface area (Å²) in [5, 5.41) is 1.90. The van der Waals surface area contributed by atoms with Gasteiger partial charge in [0.05, 0.1) is 11.0 Å². The summed E-state index contributed by atoms with van der Waals surface area (Å²) in [5.41, 5.74) is 3.72. The maximum Gasteiger partial charge on any atom is 0.203 e. The first kappa shape index (κ1) is 23.3. The molecule has 6 nitrogen and oxygen atoms in total. The third-order valence-electron chi connectivity index (χ3n) is 7.56. The highest BCUT2D eigenvalue weighted by atomic mass is 32.2. The van der Waals surface area contributed by atoms with Crippen LogP contribution in [0.4, 0.5) is 5.69 Å². The second kappa shape index (κ2) is 9.37. The number of hydrogen-bond donors (Lipinski definition) is 0. The Labute approximate surface area is 211 Å². The van der Waals surface area contributed by atoms with E-state index in [-0.39, 0.29) is 4.90 Å². The number of anilines is 1. The van der Waals surface area contributed by atoms with Crippen molar-refractivity contribution in [3.8, 4) is 22.5 Å². The summed E-state index contributed by atoms with van der Waals surface area (Å²) < 4.78 is 45.6. The highest BCUT2D eigenvalue weighted by molar-refractivity contribution is 7.85. The van der Waals surface area contributed by atoms with E-state index in [4.69, 9.17) is 4.42 Å². The minimum Gasteiger partial charge on any atom is -0.744 e. The van der Waals surface area contributed by atoms with Crippen molar-refractivity contribution >= 4 is 26.8 Å². The molecule has 0 atom stereocenters. The van der Waals surface area contributed by atoms with Gasteiger partial charge in [-0.2, -0.15) is 0 Å². The molecular weight excluding hydrogens is 472 g/mol. The fraction of sp³-hybridized carbons (Fsp3) is 0.345. The van der Waals surface area contributed by atoms with Gasteiger partial charge in [0.25, 0.3) is 0 Å². The molecule has 0 saturated carbocycles.